The summed E-state index contributed by atoms with van der Waals surface area (Å²) in [6.07, 6.45) is 3.67. The van der Waals surface area contributed by atoms with E-state index in [9.17, 15) is 9.59 Å². The minimum absolute atomic E-state index is 0.0623. The van der Waals surface area contributed by atoms with Crippen LogP contribution in [0.4, 0.5) is 5.69 Å². The zero-order valence-electron chi connectivity index (χ0n) is 14.8. The minimum atomic E-state index is -0.126. The maximum absolute atomic E-state index is 13.1. The molecule has 0 N–H and O–H groups in total. The van der Waals surface area contributed by atoms with E-state index in [1.54, 1.807) is 19.4 Å². The second kappa shape index (κ2) is 7.66. The number of anilines is 1. The van der Waals surface area contributed by atoms with Gasteiger partial charge in [-0.05, 0) is 36.5 Å². The van der Waals surface area contributed by atoms with Crippen LogP contribution < -0.4 is 10.5 Å². The lowest BCUT2D eigenvalue weighted by Crippen LogP contribution is -2.33. The molecule has 0 aliphatic carbocycles. The molecule has 5 nitrogen and oxygen atoms in total. The zero-order chi connectivity index (χ0) is 17.8. The highest BCUT2D eigenvalue weighted by Gasteiger charge is 2.25. The van der Waals surface area contributed by atoms with Crippen molar-refractivity contribution >= 4 is 11.6 Å². The summed E-state index contributed by atoms with van der Waals surface area (Å²) in [5, 5.41) is 0. The highest BCUT2D eigenvalue weighted by Crippen LogP contribution is 2.34. The molecule has 5 heteroatoms. The Hall–Kier alpha value is -2.40. The lowest BCUT2D eigenvalue weighted by atomic mass is 9.96. The molecule has 2 aromatic rings. The smallest absolute Gasteiger partial charge is 0.259 e. The van der Waals surface area contributed by atoms with Gasteiger partial charge in [0.1, 0.15) is 0 Å². The number of methoxy groups -OCH3 is 1. The van der Waals surface area contributed by atoms with E-state index >= 15 is 0 Å². The first-order valence-corrected chi connectivity index (χ1v) is 8.72. The molecule has 132 valence electrons. The zero-order valence-corrected chi connectivity index (χ0v) is 14.8. The summed E-state index contributed by atoms with van der Waals surface area (Å²) in [4.78, 5) is 26.9. The lowest BCUT2D eigenvalue weighted by Gasteiger charge is -2.24. The predicted octanol–water partition coefficient (Wildman–Crippen LogP) is 3.04. The van der Waals surface area contributed by atoms with E-state index in [0.29, 0.717) is 31.2 Å². The van der Waals surface area contributed by atoms with Crippen molar-refractivity contribution in [1.29, 1.82) is 0 Å². The van der Waals surface area contributed by atoms with Gasteiger partial charge in [0.2, 0.25) is 0 Å². The third-order valence-electron chi connectivity index (χ3n) is 4.79. The third kappa shape index (κ3) is 3.66. The first-order chi connectivity index (χ1) is 12.1. The van der Waals surface area contributed by atoms with Crippen LogP contribution in [0.15, 0.2) is 47.4 Å². The monoisotopic (exact) mass is 340 g/mol. The fourth-order valence-electron chi connectivity index (χ4n) is 3.37. The van der Waals surface area contributed by atoms with Gasteiger partial charge in [0.05, 0.1) is 12.2 Å². The van der Waals surface area contributed by atoms with Gasteiger partial charge in [-0.25, -0.2) is 0 Å². The van der Waals surface area contributed by atoms with Crippen LogP contribution in [-0.4, -0.2) is 30.7 Å². The Morgan fingerprint density at radius 1 is 1.24 bits per heavy atom. The Balaban J connectivity index is 1.95. The van der Waals surface area contributed by atoms with Crippen LogP contribution in [0.5, 0.6) is 0 Å². The largest absolute Gasteiger partial charge is 0.383 e. The third-order valence-corrected chi connectivity index (χ3v) is 4.79. The molecule has 0 saturated heterocycles. The Bertz CT molecular complexity index is 813. The molecule has 0 saturated carbocycles. The molecule has 1 amide bonds. The number of carbonyl (C=O) groups excluding carboxylic acids is 1. The molecule has 3 rings (SSSR count). The van der Waals surface area contributed by atoms with Crippen LogP contribution in [0.2, 0.25) is 0 Å². The number of carbonyl (C=O) groups is 1. The van der Waals surface area contributed by atoms with Gasteiger partial charge in [0.25, 0.3) is 11.5 Å². The van der Waals surface area contributed by atoms with E-state index in [1.165, 1.54) is 16.2 Å². The second-order valence-electron chi connectivity index (χ2n) is 6.50. The number of ether oxygens (including phenoxy) is 1. The van der Waals surface area contributed by atoms with E-state index in [0.717, 1.165) is 18.5 Å². The average Bonchev–Trinajstić information content (AvgIpc) is 2.80. The quantitative estimate of drug-likeness (QED) is 0.860. The average molecular weight is 340 g/mol. The van der Waals surface area contributed by atoms with Crippen molar-refractivity contribution in [2.24, 2.45) is 0 Å². The van der Waals surface area contributed by atoms with Gasteiger partial charge in [-0.3, -0.25) is 9.59 Å². The number of hydrogen-bond donors (Lipinski definition) is 0. The maximum atomic E-state index is 13.1. The van der Waals surface area contributed by atoms with Crippen LogP contribution in [-0.2, 0) is 11.3 Å². The van der Waals surface area contributed by atoms with Gasteiger partial charge in [-0.1, -0.05) is 25.1 Å². The Morgan fingerprint density at radius 2 is 2.04 bits per heavy atom. The number of fused-ring (bicyclic) bond motifs is 1. The Morgan fingerprint density at radius 3 is 2.84 bits per heavy atom. The van der Waals surface area contributed by atoms with E-state index in [4.69, 9.17) is 4.74 Å². The van der Waals surface area contributed by atoms with Crippen molar-refractivity contribution in [2.75, 3.05) is 25.2 Å². The number of aromatic nitrogens is 1. The van der Waals surface area contributed by atoms with Crippen LogP contribution >= 0.6 is 0 Å². The molecular formula is C20H24N2O3. The van der Waals surface area contributed by atoms with E-state index in [2.05, 4.69) is 13.0 Å². The fraction of sp³-hybridized carbons (Fsp3) is 0.400. The number of nitrogens with zero attached hydrogens (tertiary/aromatic N) is 2. The first-order valence-electron chi connectivity index (χ1n) is 8.72. The van der Waals surface area contributed by atoms with Gasteiger partial charge in [0.15, 0.2) is 0 Å². The molecule has 0 spiro atoms. The van der Waals surface area contributed by atoms with Crippen LogP contribution in [0.25, 0.3) is 0 Å². The minimum Gasteiger partial charge on any atom is -0.383 e. The van der Waals surface area contributed by atoms with E-state index in [-0.39, 0.29) is 11.5 Å². The van der Waals surface area contributed by atoms with Gasteiger partial charge >= 0.3 is 0 Å². The number of para-hydroxylation sites is 1. The Labute approximate surface area is 147 Å². The van der Waals surface area contributed by atoms with Gasteiger partial charge < -0.3 is 14.2 Å². The van der Waals surface area contributed by atoms with E-state index < -0.39 is 0 Å². The molecule has 1 aromatic heterocycles. The summed E-state index contributed by atoms with van der Waals surface area (Å²) in [6.45, 7) is 3.76. The first kappa shape index (κ1) is 17.4. The highest BCUT2D eigenvalue weighted by atomic mass is 16.5. The highest BCUT2D eigenvalue weighted by molar-refractivity contribution is 6.06. The molecule has 1 unspecified atom stereocenters. The van der Waals surface area contributed by atoms with Crippen molar-refractivity contribution in [3.63, 3.8) is 0 Å². The van der Waals surface area contributed by atoms with E-state index in [1.807, 2.05) is 23.1 Å². The topological polar surface area (TPSA) is 51.5 Å². The van der Waals surface area contributed by atoms with Gasteiger partial charge in [0, 0.05) is 38.1 Å². The summed E-state index contributed by atoms with van der Waals surface area (Å²) in [5.74, 6) is 0.373. The Kier molecular flexibility index (Phi) is 5.34. The second-order valence-corrected chi connectivity index (χ2v) is 6.50. The number of pyridine rings is 1. The number of benzene rings is 1. The normalized spacial score (nSPS) is 17.0. The molecule has 1 aliphatic rings. The van der Waals surface area contributed by atoms with Crippen molar-refractivity contribution in [2.45, 2.75) is 32.2 Å². The van der Waals surface area contributed by atoms with Crippen molar-refractivity contribution in [1.82, 2.24) is 4.57 Å². The fourth-order valence-corrected chi connectivity index (χ4v) is 3.37. The number of rotatable bonds is 4. The summed E-state index contributed by atoms with van der Waals surface area (Å²) in [6, 6.07) is 11.2. The molecule has 25 heavy (non-hydrogen) atoms. The van der Waals surface area contributed by atoms with Crippen LogP contribution in [0.3, 0.4) is 0 Å². The summed E-state index contributed by atoms with van der Waals surface area (Å²) in [5.41, 5.74) is 2.59. The molecule has 2 heterocycles. The number of amides is 1. The molecule has 1 aliphatic heterocycles. The molecule has 0 radical (unpaired) electrons. The van der Waals surface area contributed by atoms with Crippen molar-refractivity contribution < 1.29 is 9.53 Å². The molecule has 0 fully saturated rings. The molecule has 1 atom stereocenters. The molecule has 1 aromatic carbocycles. The SMILES string of the molecule is COCCn1cc(C(=O)N2CCCC(C)c3ccccc32)ccc1=O. The summed E-state index contributed by atoms with van der Waals surface area (Å²) in [7, 11) is 1.59. The lowest BCUT2D eigenvalue weighted by molar-refractivity contribution is 0.0985. The summed E-state index contributed by atoms with van der Waals surface area (Å²) < 4.78 is 6.57. The summed E-state index contributed by atoms with van der Waals surface area (Å²) >= 11 is 0. The molecule has 0 bridgehead atoms. The maximum Gasteiger partial charge on any atom is 0.259 e. The van der Waals surface area contributed by atoms with Crippen molar-refractivity contribution in [3.8, 4) is 0 Å². The van der Waals surface area contributed by atoms with Crippen LogP contribution in [0, 0.1) is 0 Å². The predicted molar refractivity (Wildman–Crippen MR) is 98.3 cm³/mol. The van der Waals surface area contributed by atoms with Gasteiger partial charge in [-0.15, -0.1) is 0 Å². The number of hydrogen-bond acceptors (Lipinski definition) is 3. The van der Waals surface area contributed by atoms with Crippen LogP contribution in [0.1, 0.15) is 41.6 Å². The van der Waals surface area contributed by atoms with Gasteiger partial charge in [-0.2, -0.15) is 0 Å². The van der Waals surface area contributed by atoms with Crippen molar-refractivity contribution in [3.05, 3.63) is 64.1 Å². The molecular weight excluding hydrogens is 316 g/mol. The standard InChI is InChI=1S/C20H24N2O3/c1-15-6-5-11-22(18-8-4-3-7-17(15)18)20(24)16-9-10-19(23)21(14-16)12-13-25-2/h3-4,7-10,14-15H,5-6,11-13H2,1-2H3.